The molecule has 0 fully saturated rings. The minimum Gasteiger partial charge on any atom is -0.478 e. The third-order valence-corrected chi connectivity index (χ3v) is 4.71. The van der Waals surface area contributed by atoms with Gasteiger partial charge in [-0.1, -0.05) is 24.3 Å². The summed E-state index contributed by atoms with van der Waals surface area (Å²) in [7, 11) is 0. The molecule has 0 saturated carbocycles. The molecule has 4 heteroatoms. The van der Waals surface area contributed by atoms with Crippen molar-refractivity contribution in [3.63, 3.8) is 0 Å². The Morgan fingerprint density at radius 2 is 1.76 bits per heavy atom. The van der Waals surface area contributed by atoms with Crippen LogP contribution in [0.4, 0.5) is 0 Å². The fourth-order valence-electron chi connectivity index (χ4n) is 2.56. The van der Waals surface area contributed by atoms with Gasteiger partial charge in [0.1, 0.15) is 5.01 Å². The normalized spacial score (nSPS) is 11.0. The number of hydrogen-bond donors (Lipinski definition) is 1. The van der Waals surface area contributed by atoms with Crippen molar-refractivity contribution < 1.29 is 9.90 Å². The molecular weight excluding hydrogens is 282 g/mol. The zero-order valence-corrected chi connectivity index (χ0v) is 12.9. The second-order valence-electron chi connectivity index (χ2n) is 5.20. The van der Waals surface area contributed by atoms with Crippen molar-refractivity contribution in [2.75, 3.05) is 0 Å². The second-order valence-corrected chi connectivity index (χ2v) is 6.23. The highest BCUT2D eigenvalue weighted by atomic mass is 32.1. The zero-order valence-electron chi connectivity index (χ0n) is 12.1. The average Bonchev–Trinajstić information content (AvgIpc) is 2.85. The second kappa shape index (κ2) is 4.97. The number of aromatic carboxylic acids is 1. The first-order valence-corrected chi connectivity index (χ1v) is 7.50. The van der Waals surface area contributed by atoms with E-state index in [1.54, 1.807) is 11.3 Å². The van der Waals surface area contributed by atoms with Crippen LogP contribution < -0.4 is 0 Å². The molecule has 3 aromatic rings. The number of hydrogen-bond acceptors (Lipinski definition) is 3. The predicted octanol–water partition coefficient (Wildman–Crippen LogP) is 4.59. The third kappa shape index (κ3) is 2.21. The van der Waals surface area contributed by atoms with Gasteiger partial charge in [-0.3, -0.25) is 0 Å². The molecule has 0 radical (unpaired) electrons. The lowest BCUT2D eigenvalue weighted by Crippen LogP contribution is -2.04. The van der Waals surface area contributed by atoms with Crippen molar-refractivity contribution in [2.24, 2.45) is 0 Å². The number of aromatic nitrogens is 1. The van der Waals surface area contributed by atoms with Crippen molar-refractivity contribution in [1.82, 2.24) is 4.98 Å². The van der Waals surface area contributed by atoms with Gasteiger partial charge in [-0.15, -0.1) is 11.3 Å². The summed E-state index contributed by atoms with van der Waals surface area (Å²) in [6.45, 7) is 5.78. The lowest BCUT2D eigenvalue weighted by atomic mass is 9.97. The summed E-state index contributed by atoms with van der Waals surface area (Å²) >= 11 is 1.54. The van der Waals surface area contributed by atoms with Crippen LogP contribution in [0.5, 0.6) is 0 Å². The summed E-state index contributed by atoms with van der Waals surface area (Å²) < 4.78 is 1.09. The van der Waals surface area contributed by atoms with Crippen LogP contribution in [0.1, 0.15) is 27.0 Å². The Hall–Kier alpha value is -2.20. The molecular formula is C17H15NO2S. The first-order chi connectivity index (χ1) is 9.99. The molecule has 0 aliphatic carbocycles. The Morgan fingerprint density at radius 1 is 1.05 bits per heavy atom. The third-order valence-electron chi connectivity index (χ3n) is 3.67. The SMILES string of the molecule is Cc1ccc(C)c(-c2nc3c(C)cccc3s2)c1C(=O)O. The Balaban J connectivity index is 2.35. The van der Waals surface area contributed by atoms with Crippen LogP contribution in [-0.2, 0) is 0 Å². The van der Waals surface area contributed by atoms with Crippen LogP contribution in [0.25, 0.3) is 20.8 Å². The van der Waals surface area contributed by atoms with E-state index < -0.39 is 5.97 Å². The molecule has 1 aromatic heterocycles. The summed E-state index contributed by atoms with van der Waals surface area (Å²) in [6, 6.07) is 9.85. The number of carboxylic acids is 1. The Kier molecular flexibility index (Phi) is 3.26. The molecule has 0 spiro atoms. The highest BCUT2D eigenvalue weighted by Gasteiger charge is 2.20. The molecule has 0 saturated heterocycles. The fourth-order valence-corrected chi connectivity index (χ4v) is 3.72. The Labute approximate surface area is 126 Å². The predicted molar refractivity (Wildman–Crippen MR) is 86.2 cm³/mol. The Bertz CT molecular complexity index is 865. The molecule has 0 aliphatic heterocycles. The van der Waals surface area contributed by atoms with E-state index in [0.717, 1.165) is 37.5 Å². The summed E-state index contributed by atoms with van der Waals surface area (Å²) in [4.78, 5) is 16.3. The highest BCUT2D eigenvalue weighted by molar-refractivity contribution is 7.21. The van der Waals surface area contributed by atoms with E-state index in [1.165, 1.54) is 0 Å². The van der Waals surface area contributed by atoms with Crippen LogP contribution in [0, 0.1) is 20.8 Å². The van der Waals surface area contributed by atoms with Crippen molar-refractivity contribution >= 4 is 27.5 Å². The van der Waals surface area contributed by atoms with E-state index in [9.17, 15) is 9.90 Å². The number of aryl methyl sites for hydroxylation is 3. The molecule has 106 valence electrons. The molecule has 1 heterocycles. The molecule has 0 atom stereocenters. The maximum Gasteiger partial charge on any atom is 0.336 e. The van der Waals surface area contributed by atoms with Gasteiger partial charge in [0.2, 0.25) is 0 Å². The molecule has 0 unspecified atom stereocenters. The summed E-state index contributed by atoms with van der Waals surface area (Å²) in [5, 5.41) is 10.3. The molecule has 0 amide bonds. The van der Waals surface area contributed by atoms with E-state index >= 15 is 0 Å². The number of carbonyl (C=O) groups is 1. The van der Waals surface area contributed by atoms with Gasteiger partial charge >= 0.3 is 5.97 Å². The standard InChI is InChI=1S/C17H15NO2S/c1-9-7-8-10(2)14(17(19)20)13(9)16-18-15-11(3)5-4-6-12(15)21-16/h4-8H,1-3H3,(H,19,20). The van der Waals surface area contributed by atoms with Gasteiger partial charge in [0.05, 0.1) is 15.8 Å². The molecule has 0 bridgehead atoms. The lowest BCUT2D eigenvalue weighted by Gasteiger charge is -2.09. The number of para-hydroxylation sites is 1. The smallest absolute Gasteiger partial charge is 0.336 e. The largest absolute Gasteiger partial charge is 0.478 e. The van der Waals surface area contributed by atoms with E-state index in [4.69, 9.17) is 0 Å². The molecule has 3 nitrogen and oxygen atoms in total. The fraction of sp³-hybridized carbons (Fsp3) is 0.176. The summed E-state index contributed by atoms with van der Waals surface area (Å²) in [5.74, 6) is -0.901. The number of nitrogens with zero attached hydrogens (tertiary/aromatic N) is 1. The monoisotopic (exact) mass is 297 g/mol. The van der Waals surface area contributed by atoms with Crippen LogP contribution in [0.15, 0.2) is 30.3 Å². The van der Waals surface area contributed by atoms with Crippen LogP contribution in [0.3, 0.4) is 0 Å². The topological polar surface area (TPSA) is 50.2 Å². The number of benzene rings is 2. The van der Waals surface area contributed by atoms with Crippen molar-refractivity contribution in [1.29, 1.82) is 0 Å². The first-order valence-electron chi connectivity index (χ1n) is 6.69. The van der Waals surface area contributed by atoms with Crippen molar-refractivity contribution in [2.45, 2.75) is 20.8 Å². The van der Waals surface area contributed by atoms with Gasteiger partial charge in [-0.05, 0) is 43.5 Å². The molecule has 1 N–H and O–H groups in total. The molecule has 21 heavy (non-hydrogen) atoms. The van der Waals surface area contributed by atoms with Crippen LogP contribution >= 0.6 is 11.3 Å². The van der Waals surface area contributed by atoms with E-state index in [0.29, 0.717) is 5.56 Å². The molecule has 2 aromatic carbocycles. The van der Waals surface area contributed by atoms with Crippen molar-refractivity contribution in [3.05, 3.63) is 52.6 Å². The highest BCUT2D eigenvalue weighted by Crippen LogP contribution is 2.36. The zero-order chi connectivity index (χ0) is 15.1. The van der Waals surface area contributed by atoms with Crippen molar-refractivity contribution in [3.8, 4) is 10.6 Å². The quantitative estimate of drug-likeness (QED) is 0.752. The van der Waals surface area contributed by atoms with Gasteiger partial charge in [0, 0.05) is 5.56 Å². The van der Waals surface area contributed by atoms with Gasteiger partial charge < -0.3 is 5.11 Å². The lowest BCUT2D eigenvalue weighted by molar-refractivity contribution is 0.0697. The maximum atomic E-state index is 11.6. The minimum atomic E-state index is -0.901. The van der Waals surface area contributed by atoms with Gasteiger partial charge in [0.15, 0.2) is 0 Å². The summed E-state index contributed by atoms with van der Waals surface area (Å²) in [6.07, 6.45) is 0. The maximum absolute atomic E-state index is 11.6. The molecule has 0 aliphatic rings. The average molecular weight is 297 g/mol. The minimum absolute atomic E-state index is 0.353. The summed E-state index contributed by atoms with van der Waals surface area (Å²) in [5.41, 5.74) is 4.86. The van der Waals surface area contributed by atoms with Crippen LogP contribution in [0.2, 0.25) is 0 Å². The number of carboxylic acid groups (broad SMARTS) is 1. The number of thiazole rings is 1. The van der Waals surface area contributed by atoms with E-state index in [1.807, 2.05) is 51.1 Å². The Morgan fingerprint density at radius 3 is 2.43 bits per heavy atom. The van der Waals surface area contributed by atoms with Gasteiger partial charge in [-0.25, -0.2) is 9.78 Å². The van der Waals surface area contributed by atoms with Crippen LogP contribution in [-0.4, -0.2) is 16.1 Å². The van der Waals surface area contributed by atoms with Gasteiger partial charge in [-0.2, -0.15) is 0 Å². The van der Waals surface area contributed by atoms with E-state index in [-0.39, 0.29) is 0 Å². The van der Waals surface area contributed by atoms with Gasteiger partial charge in [0.25, 0.3) is 0 Å². The first kappa shape index (κ1) is 13.8. The van der Waals surface area contributed by atoms with E-state index in [2.05, 4.69) is 4.98 Å². The molecule has 3 rings (SSSR count). The number of rotatable bonds is 2. The number of fused-ring (bicyclic) bond motifs is 1.